The Morgan fingerprint density at radius 2 is 2.10 bits per heavy atom. The Bertz CT molecular complexity index is 114. The summed E-state index contributed by atoms with van der Waals surface area (Å²) in [5.74, 6) is -0.230. The van der Waals surface area contributed by atoms with Crippen LogP contribution in [0.4, 0.5) is 0 Å². The van der Waals surface area contributed by atoms with E-state index in [1.54, 1.807) is 0 Å². The highest BCUT2D eigenvalue weighted by atomic mass is 16.1. The van der Waals surface area contributed by atoms with Crippen molar-refractivity contribution in [1.82, 2.24) is 4.90 Å². The molecule has 3 nitrogen and oxygen atoms in total. The first-order chi connectivity index (χ1) is 4.63. The molecule has 0 fully saturated rings. The van der Waals surface area contributed by atoms with Crippen molar-refractivity contribution in [1.29, 1.82) is 0 Å². The van der Waals surface area contributed by atoms with Crippen LogP contribution in [-0.4, -0.2) is 30.4 Å². The van der Waals surface area contributed by atoms with Crippen LogP contribution in [-0.2, 0) is 4.79 Å². The summed E-state index contributed by atoms with van der Waals surface area (Å²) in [4.78, 5) is 12.7. The molecular formula is C7H16N2O. The molecule has 0 rings (SSSR count). The molecule has 1 unspecified atom stereocenters. The van der Waals surface area contributed by atoms with E-state index in [2.05, 4.69) is 0 Å². The maximum Gasteiger partial charge on any atom is 0.234 e. The van der Waals surface area contributed by atoms with E-state index in [0.29, 0.717) is 0 Å². The van der Waals surface area contributed by atoms with Crippen LogP contribution < -0.4 is 5.73 Å². The quantitative estimate of drug-likeness (QED) is 0.612. The van der Waals surface area contributed by atoms with Gasteiger partial charge < -0.3 is 5.73 Å². The molecular weight excluding hydrogens is 128 g/mol. The first kappa shape index (κ1) is 9.43. The Labute approximate surface area is 62.2 Å². The molecule has 2 N–H and O–H groups in total. The number of carbonyl (C=O) groups excluding carboxylic acids is 1. The van der Waals surface area contributed by atoms with Gasteiger partial charge in [-0.25, -0.2) is 0 Å². The SMILES string of the molecule is CCC(C(N)=O)N(C)CC. The van der Waals surface area contributed by atoms with Crippen LogP contribution in [0.15, 0.2) is 0 Å². The molecule has 10 heavy (non-hydrogen) atoms. The van der Waals surface area contributed by atoms with Gasteiger partial charge in [0.25, 0.3) is 0 Å². The fourth-order valence-electron chi connectivity index (χ4n) is 0.950. The monoisotopic (exact) mass is 144 g/mol. The van der Waals surface area contributed by atoms with E-state index in [-0.39, 0.29) is 11.9 Å². The largest absolute Gasteiger partial charge is 0.368 e. The van der Waals surface area contributed by atoms with Crippen molar-refractivity contribution < 1.29 is 4.79 Å². The van der Waals surface area contributed by atoms with Gasteiger partial charge in [-0.2, -0.15) is 0 Å². The van der Waals surface area contributed by atoms with E-state index in [0.717, 1.165) is 13.0 Å². The molecule has 0 aliphatic rings. The first-order valence-corrected chi connectivity index (χ1v) is 3.63. The lowest BCUT2D eigenvalue weighted by atomic mass is 10.2. The molecule has 0 heterocycles. The van der Waals surface area contributed by atoms with Gasteiger partial charge in [0, 0.05) is 0 Å². The standard InChI is InChI=1S/C7H16N2O/c1-4-6(7(8)10)9(3)5-2/h6H,4-5H2,1-3H3,(H2,8,10). The highest BCUT2D eigenvalue weighted by Gasteiger charge is 2.15. The first-order valence-electron chi connectivity index (χ1n) is 3.63. The number of hydrogen-bond donors (Lipinski definition) is 1. The number of amides is 1. The van der Waals surface area contributed by atoms with Crippen molar-refractivity contribution in [3.63, 3.8) is 0 Å². The summed E-state index contributed by atoms with van der Waals surface area (Å²) >= 11 is 0. The number of likely N-dealkylation sites (N-methyl/N-ethyl adjacent to an activating group) is 1. The molecule has 1 amide bonds. The van der Waals surface area contributed by atoms with Crippen LogP contribution in [0.3, 0.4) is 0 Å². The summed E-state index contributed by atoms with van der Waals surface area (Å²) in [6.45, 7) is 4.83. The van der Waals surface area contributed by atoms with Crippen molar-refractivity contribution in [2.24, 2.45) is 5.73 Å². The predicted molar refractivity (Wildman–Crippen MR) is 41.6 cm³/mol. The second-order valence-corrected chi connectivity index (χ2v) is 2.40. The molecule has 0 aromatic carbocycles. The van der Waals surface area contributed by atoms with Crippen LogP contribution in [0.1, 0.15) is 20.3 Å². The van der Waals surface area contributed by atoms with E-state index < -0.39 is 0 Å². The van der Waals surface area contributed by atoms with Crippen molar-refractivity contribution in [2.75, 3.05) is 13.6 Å². The summed E-state index contributed by atoms with van der Waals surface area (Å²) in [5, 5.41) is 0. The Balaban J connectivity index is 3.92. The van der Waals surface area contributed by atoms with Crippen LogP contribution in [0.5, 0.6) is 0 Å². The lowest BCUT2D eigenvalue weighted by Gasteiger charge is -2.21. The maximum atomic E-state index is 10.7. The van der Waals surface area contributed by atoms with Crippen LogP contribution in [0.25, 0.3) is 0 Å². The molecule has 0 radical (unpaired) electrons. The number of primary amides is 1. The average molecular weight is 144 g/mol. The summed E-state index contributed by atoms with van der Waals surface area (Å²) in [6, 6.07) is -0.0926. The smallest absolute Gasteiger partial charge is 0.234 e. The molecule has 0 aliphatic carbocycles. The number of rotatable bonds is 4. The predicted octanol–water partition coefficient (Wildman–Crippen LogP) is 0.202. The normalized spacial score (nSPS) is 13.6. The van der Waals surface area contributed by atoms with Crippen LogP contribution >= 0.6 is 0 Å². The third-order valence-electron chi connectivity index (χ3n) is 1.75. The van der Waals surface area contributed by atoms with E-state index in [9.17, 15) is 4.79 Å². The molecule has 1 atom stereocenters. The Morgan fingerprint density at radius 3 is 2.20 bits per heavy atom. The molecule has 0 aromatic heterocycles. The number of nitrogens with zero attached hydrogens (tertiary/aromatic N) is 1. The van der Waals surface area contributed by atoms with Crippen molar-refractivity contribution >= 4 is 5.91 Å². The topological polar surface area (TPSA) is 46.3 Å². The Kier molecular flexibility index (Phi) is 4.03. The molecule has 0 saturated carbocycles. The summed E-state index contributed by atoms with van der Waals surface area (Å²) in [5.41, 5.74) is 5.14. The number of nitrogens with two attached hydrogens (primary N) is 1. The van der Waals surface area contributed by atoms with Gasteiger partial charge in [-0.1, -0.05) is 13.8 Å². The van der Waals surface area contributed by atoms with Gasteiger partial charge in [-0.15, -0.1) is 0 Å². The minimum atomic E-state index is -0.230. The highest BCUT2D eigenvalue weighted by Crippen LogP contribution is 1.98. The summed E-state index contributed by atoms with van der Waals surface area (Å²) < 4.78 is 0. The molecule has 0 aromatic rings. The minimum Gasteiger partial charge on any atom is -0.368 e. The van der Waals surface area contributed by atoms with Gasteiger partial charge >= 0.3 is 0 Å². The van der Waals surface area contributed by atoms with Gasteiger partial charge in [0.05, 0.1) is 6.04 Å². The molecule has 60 valence electrons. The van der Waals surface area contributed by atoms with E-state index in [4.69, 9.17) is 5.73 Å². The van der Waals surface area contributed by atoms with Crippen molar-refractivity contribution in [2.45, 2.75) is 26.3 Å². The fourth-order valence-corrected chi connectivity index (χ4v) is 0.950. The zero-order valence-corrected chi connectivity index (χ0v) is 6.92. The van der Waals surface area contributed by atoms with Crippen LogP contribution in [0, 0.1) is 0 Å². The van der Waals surface area contributed by atoms with Gasteiger partial charge in [0.15, 0.2) is 0 Å². The second kappa shape index (κ2) is 4.28. The van der Waals surface area contributed by atoms with Crippen molar-refractivity contribution in [3.8, 4) is 0 Å². The molecule has 3 heteroatoms. The van der Waals surface area contributed by atoms with Gasteiger partial charge in [-0.3, -0.25) is 9.69 Å². The summed E-state index contributed by atoms with van der Waals surface area (Å²) in [7, 11) is 1.90. The van der Waals surface area contributed by atoms with Gasteiger partial charge in [0.1, 0.15) is 0 Å². The number of carbonyl (C=O) groups is 1. The molecule has 0 saturated heterocycles. The van der Waals surface area contributed by atoms with E-state index >= 15 is 0 Å². The Hall–Kier alpha value is -0.570. The number of hydrogen-bond acceptors (Lipinski definition) is 2. The van der Waals surface area contributed by atoms with E-state index in [1.165, 1.54) is 0 Å². The van der Waals surface area contributed by atoms with Crippen molar-refractivity contribution in [3.05, 3.63) is 0 Å². The molecule has 0 aliphatic heterocycles. The third-order valence-corrected chi connectivity index (χ3v) is 1.75. The summed E-state index contributed by atoms with van der Waals surface area (Å²) in [6.07, 6.45) is 0.791. The van der Waals surface area contributed by atoms with Gasteiger partial charge in [-0.05, 0) is 20.0 Å². The lowest BCUT2D eigenvalue weighted by molar-refractivity contribution is -0.122. The zero-order chi connectivity index (χ0) is 8.15. The Morgan fingerprint density at radius 1 is 1.60 bits per heavy atom. The zero-order valence-electron chi connectivity index (χ0n) is 6.92. The fraction of sp³-hybridized carbons (Fsp3) is 0.857. The molecule has 0 spiro atoms. The minimum absolute atomic E-state index is 0.0926. The second-order valence-electron chi connectivity index (χ2n) is 2.40. The van der Waals surface area contributed by atoms with Crippen LogP contribution in [0.2, 0.25) is 0 Å². The third kappa shape index (κ3) is 2.35. The lowest BCUT2D eigenvalue weighted by Crippen LogP contribution is -2.41. The maximum absolute atomic E-state index is 10.7. The molecule has 0 bridgehead atoms. The van der Waals surface area contributed by atoms with E-state index in [1.807, 2.05) is 25.8 Å². The average Bonchev–Trinajstić information content (AvgIpc) is 1.88. The van der Waals surface area contributed by atoms with Gasteiger partial charge in [0.2, 0.25) is 5.91 Å². The highest BCUT2D eigenvalue weighted by molar-refractivity contribution is 5.79.